The van der Waals surface area contributed by atoms with Gasteiger partial charge in [-0.05, 0) is 31.6 Å². The maximum atomic E-state index is 12.9. The average molecular weight is 360 g/mol. The summed E-state index contributed by atoms with van der Waals surface area (Å²) in [5, 5.41) is 2.94. The molecule has 0 bridgehead atoms. The molecule has 1 saturated heterocycles. The third-order valence-corrected chi connectivity index (χ3v) is 5.16. The Bertz CT molecular complexity index is 949. The SMILES string of the molecule is CCN1C(=O)/C(=C/c2c(NC)nc3c(C)cccn3c2=O)SC1=S. The molecular formula is C16H16N4O2S2. The highest BCUT2D eigenvalue weighted by Gasteiger charge is 2.31. The molecule has 1 fully saturated rings. The monoisotopic (exact) mass is 360 g/mol. The smallest absolute Gasteiger partial charge is 0.267 e. The molecule has 1 aliphatic heterocycles. The van der Waals surface area contributed by atoms with Crippen LogP contribution in [-0.4, -0.2) is 38.1 Å². The molecule has 1 amide bonds. The zero-order valence-corrected chi connectivity index (χ0v) is 15.1. The molecule has 3 rings (SSSR count). The molecule has 0 atom stereocenters. The number of rotatable bonds is 3. The van der Waals surface area contributed by atoms with E-state index in [0.29, 0.717) is 32.8 Å². The van der Waals surface area contributed by atoms with Crippen LogP contribution >= 0.6 is 24.0 Å². The Hall–Kier alpha value is -2.19. The van der Waals surface area contributed by atoms with Crippen LogP contribution in [0.25, 0.3) is 11.7 Å². The summed E-state index contributed by atoms with van der Waals surface area (Å²) in [5.74, 6) is 0.263. The van der Waals surface area contributed by atoms with Gasteiger partial charge >= 0.3 is 0 Å². The van der Waals surface area contributed by atoms with Crippen molar-refractivity contribution in [2.24, 2.45) is 0 Å². The summed E-state index contributed by atoms with van der Waals surface area (Å²) in [7, 11) is 1.70. The van der Waals surface area contributed by atoms with E-state index in [4.69, 9.17) is 12.2 Å². The van der Waals surface area contributed by atoms with Gasteiger partial charge in [-0.1, -0.05) is 30.0 Å². The summed E-state index contributed by atoms with van der Waals surface area (Å²) in [6.45, 7) is 4.27. The van der Waals surface area contributed by atoms with Crippen LogP contribution in [0.2, 0.25) is 0 Å². The van der Waals surface area contributed by atoms with Gasteiger partial charge in [-0.3, -0.25) is 18.9 Å². The van der Waals surface area contributed by atoms with E-state index < -0.39 is 0 Å². The minimum Gasteiger partial charge on any atom is -0.372 e. The molecule has 24 heavy (non-hydrogen) atoms. The van der Waals surface area contributed by atoms with E-state index in [9.17, 15) is 9.59 Å². The van der Waals surface area contributed by atoms with Gasteiger partial charge in [-0.2, -0.15) is 0 Å². The van der Waals surface area contributed by atoms with Crippen molar-refractivity contribution in [3.8, 4) is 0 Å². The lowest BCUT2D eigenvalue weighted by molar-refractivity contribution is -0.121. The molecule has 8 heteroatoms. The number of carbonyl (C=O) groups excluding carboxylic acids is 1. The number of thioether (sulfide) groups is 1. The van der Waals surface area contributed by atoms with Crippen molar-refractivity contribution < 1.29 is 4.79 Å². The van der Waals surface area contributed by atoms with Gasteiger partial charge in [-0.25, -0.2) is 4.98 Å². The number of hydrogen-bond acceptors (Lipinski definition) is 6. The highest BCUT2D eigenvalue weighted by atomic mass is 32.2. The summed E-state index contributed by atoms with van der Waals surface area (Å²) in [4.78, 5) is 31.7. The first-order valence-electron chi connectivity index (χ1n) is 7.43. The Balaban J connectivity index is 2.22. The van der Waals surface area contributed by atoms with Crippen molar-refractivity contribution in [3.05, 3.63) is 44.7 Å². The number of thiocarbonyl (C=S) groups is 1. The molecule has 3 heterocycles. The number of amides is 1. The lowest BCUT2D eigenvalue weighted by Crippen LogP contribution is -2.27. The van der Waals surface area contributed by atoms with Gasteiger partial charge in [-0.15, -0.1) is 0 Å². The Morgan fingerprint density at radius 3 is 2.79 bits per heavy atom. The number of likely N-dealkylation sites (N-methyl/N-ethyl adjacent to an activating group) is 1. The number of hydrogen-bond donors (Lipinski definition) is 1. The van der Waals surface area contributed by atoms with Crippen LogP contribution in [0.15, 0.2) is 28.0 Å². The molecule has 0 aliphatic carbocycles. The van der Waals surface area contributed by atoms with Gasteiger partial charge in [0.05, 0.1) is 10.5 Å². The van der Waals surface area contributed by atoms with Crippen molar-refractivity contribution in [1.82, 2.24) is 14.3 Å². The Labute approximate surface area is 148 Å². The molecular weight excluding hydrogens is 344 g/mol. The number of fused-ring (bicyclic) bond motifs is 1. The predicted molar refractivity (Wildman–Crippen MR) is 101 cm³/mol. The summed E-state index contributed by atoms with van der Waals surface area (Å²) >= 11 is 6.41. The van der Waals surface area contributed by atoms with E-state index in [0.717, 1.165) is 5.56 Å². The fraction of sp³-hybridized carbons (Fsp3) is 0.250. The molecule has 1 aliphatic rings. The Morgan fingerprint density at radius 1 is 1.42 bits per heavy atom. The van der Waals surface area contributed by atoms with Gasteiger partial charge in [0.15, 0.2) is 0 Å². The summed E-state index contributed by atoms with van der Waals surface area (Å²) < 4.78 is 1.99. The number of nitrogens with zero attached hydrogens (tertiary/aromatic N) is 3. The minimum absolute atomic E-state index is 0.178. The van der Waals surface area contributed by atoms with Gasteiger partial charge in [0, 0.05) is 19.8 Å². The molecule has 2 aromatic rings. The van der Waals surface area contributed by atoms with Crippen molar-refractivity contribution >= 4 is 51.7 Å². The van der Waals surface area contributed by atoms with Gasteiger partial charge in [0.25, 0.3) is 11.5 Å². The molecule has 0 saturated carbocycles. The number of anilines is 1. The predicted octanol–water partition coefficient (Wildman–Crippen LogP) is 2.27. The molecule has 1 N–H and O–H groups in total. The van der Waals surface area contributed by atoms with Crippen LogP contribution in [0.3, 0.4) is 0 Å². The largest absolute Gasteiger partial charge is 0.372 e. The number of aryl methyl sites for hydroxylation is 1. The maximum absolute atomic E-state index is 12.9. The zero-order chi connectivity index (χ0) is 17.4. The normalized spacial score (nSPS) is 16.5. The third kappa shape index (κ3) is 2.61. The first kappa shape index (κ1) is 16.7. The molecule has 0 aromatic carbocycles. The molecule has 6 nitrogen and oxygen atoms in total. The lowest BCUT2D eigenvalue weighted by atomic mass is 10.2. The number of nitrogens with one attached hydrogen (secondary N) is 1. The number of aromatic nitrogens is 2. The second-order valence-electron chi connectivity index (χ2n) is 5.24. The second kappa shape index (κ2) is 6.37. The third-order valence-electron chi connectivity index (χ3n) is 3.79. The van der Waals surface area contributed by atoms with Crippen molar-refractivity contribution in [1.29, 1.82) is 0 Å². The molecule has 0 unspecified atom stereocenters. The van der Waals surface area contributed by atoms with Crippen LogP contribution in [0.5, 0.6) is 0 Å². The summed E-state index contributed by atoms with van der Waals surface area (Å²) in [6.07, 6.45) is 3.25. The topological polar surface area (TPSA) is 66.7 Å². The van der Waals surface area contributed by atoms with E-state index in [1.807, 2.05) is 19.9 Å². The zero-order valence-electron chi connectivity index (χ0n) is 13.5. The highest BCUT2D eigenvalue weighted by molar-refractivity contribution is 8.26. The van der Waals surface area contributed by atoms with Gasteiger partial charge in [0.2, 0.25) is 0 Å². The van der Waals surface area contributed by atoms with E-state index in [1.165, 1.54) is 21.1 Å². The molecule has 0 radical (unpaired) electrons. The van der Waals surface area contributed by atoms with Gasteiger partial charge < -0.3 is 5.32 Å². The van der Waals surface area contributed by atoms with E-state index in [2.05, 4.69) is 10.3 Å². The van der Waals surface area contributed by atoms with Gasteiger partial charge in [0.1, 0.15) is 15.8 Å². The fourth-order valence-electron chi connectivity index (χ4n) is 2.54. The maximum Gasteiger partial charge on any atom is 0.267 e. The standard InChI is InChI=1S/C16H16N4O2S2/c1-4-19-15(22)11(24-16(19)23)8-10-12(17-3)18-13-9(2)6-5-7-20(13)14(10)21/h5-8,17H,4H2,1-3H3/b11-8-. The minimum atomic E-state index is -0.227. The lowest BCUT2D eigenvalue weighted by Gasteiger charge is -2.10. The quantitative estimate of drug-likeness (QED) is 0.669. The molecule has 2 aromatic heterocycles. The van der Waals surface area contributed by atoms with Crippen LogP contribution in [-0.2, 0) is 4.79 Å². The van der Waals surface area contributed by atoms with Crippen LogP contribution in [0.4, 0.5) is 5.82 Å². The fourth-order valence-corrected chi connectivity index (χ4v) is 3.90. The van der Waals surface area contributed by atoms with Crippen molar-refractivity contribution in [2.45, 2.75) is 13.8 Å². The van der Waals surface area contributed by atoms with Crippen LogP contribution in [0, 0.1) is 6.92 Å². The van der Waals surface area contributed by atoms with Crippen LogP contribution in [0.1, 0.15) is 18.1 Å². The first-order valence-corrected chi connectivity index (χ1v) is 8.65. The number of pyridine rings is 1. The Kier molecular flexibility index (Phi) is 4.42. The van der Waals surface area contributed by atoms with Crippen molar-refractivity contribution in [2.75, 3.05) is 18.9 Å². The van der Waals surface area contributed by atoms with E-state index in [1.54, 1.807) is 25.4 Å². The number of carbonyl (C=O) groups is 1. The van der Waals surface area contributed by atoms with E-state index >= 15 is 0 Å². The highest BCUT2D eigenvalue weighted by Crippen LogP contribution is 2.32. The molecule has 124 valence electrons. The first-order chi connectivity index (χ1) is 11.5. The summed E-state index contributed by atoms with van der Waals surface area (Å²) in [5.41, 5.74) is 1.60. The Morgan fingerprint density at radius 2 is 2.17 bits per heavy atom. The van der Waals surface area contributed by atoms with Crippen molar-refractivity contribution in [3.63, 3.8) is 0 Å². The van der Waals surface area contributed by atoms with Crippen LogP contribution < -0.4 is 10.9 Å². The molecule has 0 spiro atoms. The second-order valence-corrected chi connectivity index (χ2v) is 6.92. The average Bonchev–Trinajstić information content (AvgIpc) is 2.84. The van der Waals surface area contributed by atoms with E-state index in [-0.39, 0.29) is 11.5 Å². The summed E-state index contributed by atoms with van der Waals surface area (Å²) in [6, 6.07) is 3.69.